The number of hydrogen-bond donors (Lipinski definition) is 2. The lowest BCUT2D eigenvalue weighted by atomic mass is 10.2. The van der Waals surface area contributed by atoms with Gasteiger partial charge < -0.3 is 20.0 Å². The topological polar surface area (TPSA) is 81.9 Å². The van der Waals surface area contributed by atoms with Gasteiger partial charge in [0.2, 0.25) is 5.28 Å². The van der Waals surface area contributed by atoms with Crippen LogP contribution in [0.4, 0.5) is 10.2 Å². The van der Waals surface area contributed by atoms with Crippen molar-refractivity contribution in [3.8, 4) is 0 Å². The van der Waals surface area contributed by atoms with Crippen LogP contribution in [0.3, 0.4) is 0 Å². The van der Waals surface area contributed by atoms with Gasteiger partial charge in [-0.05, 0) is 30.7 Å². The monoisotopic (exact) mass is 337 g/mol. The molecule has 0 aliphatic carbocycles. The van der Waals surface area contributed by atoms with Crippen LogP contribution >= 0.6 is 11.6 Å². The second kappa shape index (κ2) is 6.17. The van der Waals surface area contributed by atoms with Crippen molar-refractivity contribution in [2.45, 2.75) is 25.9 Å². The molecule has 3 aromatic rings. The van der Waals surface area contributed by atoms with Crippen molar-refractivity contribution in [1.82, 2.24) is 14.5 Å². The van der Waals surface area contributed by atoms with Crippen LogP contribution in [0.5, 0.6) is 0 Å². The van der Waals surface area contributed by atoms with Crippen molar-refractivity contribution in [2.24, 2.45) is 12.8 Å². The van der Waals surface area contributed by atoms with E-state index in [4.69, 9.17) is 21.8 Å². The Hall–Kier alpha value is -2.12. The summed E-state index contributed by atoms with van der Waals surface area (Å²) in [6.07, 6.45) is 1.97. The third-order valence-electron chi connectivity index (χ3n) is 3.58. The number of nitrogens with one attached hydrogen (secondary N) is 1. The maximum Gasteiger partial charge on any atom is 0.226 e. The molecule has 3 aromatic heterocycles. The number of anilines is 1. The number of hydrogen-bond acceptors (Lipinski definition) is 5. The van der Waals surface area contributed by atoms with Crippen molar-refractivity contribution >= 4 is 28.5 Å². The highest BCUT2D eigenvalue weighted by Gasteiger charge is 2.22. The Morgan fingerprint density at radius 2 is 2.26 bits per heavy atom. The first-order valence-corrected chi connectivity index (χ1v) is 7.57. The normalized spacial score (nSPS) is 12.7. The number of aromatic nitrogens is 3. The summed E-state index contributed by atoms with van der Waals surface area (Å²) in [5, 5.41) is 3.40. The van der Waals surface area contributed by atoms with Gasteiger partial charge in [-0.3, -0.25) is 0 Å². The summed E-state index contributed by atoms with van der Waals surface area (Å²) in [4.78, 5) is 8.25. The van der Waals surface area contributed by atoms with Gasteiger partial charge in [0.25, 0.3) is 0 Å². The maximum absolute atomic E-state index is 14.8. The average molecular weight is 338 g/mol. The fourth-order valence-electron chi connectivity index (χ4n) is 2.53. The molecule has 0 fully saturated rings. The van der Waals surface area contributed by atoms with Gasteiger partial charge in [0.15, 0.2) is 5.82 Å². The molecule has 122 valence electrons. The molecule has 0 amide bonds. The van der Waals surface area contributed by atoms with E-state index in [1.807, 2.05) is 13.0 Å². The minimum Gasteiger partial charge on any atom is -0.467 e. The molecule has 3 rings (SSSR count). The van der Waals surface area contributed by atoms with E-state index in [0.717, 1.165) is 0 Å². The van der Waals surface area contributed by atoms with Gasteiger partial charge in [-0.15, -0.1) is 0 Å². The standard InChI is InChI=1S/C15H17ClFN5O/c1-8(18)6-10-12(17)11-13(19-7-9-4-3-5-23-9)20-15(16)21-14(11)22(10)2/h3-5,8H,6-7,18H2,1-2H3,(H,19,20,21)/t8-/m0/s1. The van der Waals surface area contributed by atoms with Crippen molar-refractivity contribution < 1.29 is 8.81 Å². The largest absolute Gasteiger partial charge is 0.467 e. The highest BCUT2D eigenvalue weighted by molar-refractivity contribution is 6.28. The Morgan fingerprint density at radius 3 is 2.91 bits per heavy atom. The van der Waals surface area contributed by atoms with E-state index in [1.54, 1.807) is 23.9 Å². The minimum atomic E-state index is -0.376. The van der Waals surface area contributed by atoms with Gasteiger partial charge in [-0.2, -0.15) is 9.97 Å². The molecule has 3 heterocycles. The summed E-state index contributed by atoms with van der Waals surface area (Å²) in [5.41, 5.74) is 6.71. The number of furan rings is 1. The van der Waals surface area contributed by atoms with Gasteiger partial charge in [-0.25, -0.2) is 4.39 Å². The summed E-state index contributed by atoms with van der Waals surface area (Å²) >= 11 is 5.98. The summed E-state index contributed by atoms with van der Waals surface area (Å²) in [6.45, 7) is 2.19. The SMILES string of the molecule is C[C@H](N)Cc1c(F)c2c(NCc3ccco3)nc(Cl)nc2n1C. The van der Waals surface area contributed by atoms with E-state index < -0.39 is 0 Å². The summed E-state index contributed by atoms with van der Waals surface area (Å²) in [6, 6.07) is 3.43. The third kappa shape index (κ3) is 3.02. The Labute approximate surface area is 137 Å². The van der Waals surface area contributed by atoms with Gasteiger partial charge in [0, 0.05) is 19.5 Å². The molecular weight excluding hydrogens is 321 g/mol. The molecule has 0 aliphatic rings. The molecule has 0 unspecified atom stereocenters. The summed E-state index contributed by atoms with van der Waals surface area (Å²) in [5.74, 6) is 0.666. The number of aryl methyl sites for hydroxylation is 1. The molecular formula is C15H17ClFN5O. The fourth-order valence-corrected chi connectivity index (χ4v) is 2.69. The van der Waals surface area contributed by atoms with Crippen LogP contribution in [0.2, 0.25) is 5.28 Å². The van der Waals surface area contributed by atoms with Crippen LogP contribution in [0, 0.1) is 5.82 Å². The first kappa shape index (κ1) is 15.8. The lowest BCUT2D eigenvalue weighted by Crippen LogP contribution is -2.20. The summed E-state index contributed by atoms with van der Waals surface area (Å²) < 4.78 is 21.8. The first-order valence-electron chi connectivity index (χ1n) is 7.19. The third-order valence-corrected chi connectivity index (χ3v) is 3.75. The van der Waals surface area contributed by atoms with Crippen LogP contribution < -0.4 is 11.1 Å². The van der Waals surface area contributed by atoms with E-state index in [1.165, 1.54) is 0 Å². The Kier molecular flexibility index (Phi) is 4.23. The molecule has 0 saturated carbocycles. The first-order chi connectivity index (χ1) is 11.0. The van der Waals surface area contributed by atoms with E-state index in [9.17, 15) is 4.39 Å². The number of fused-ring (bicyclic) bond motifs is 1. The van der Waals surface area contributed by atoms with Crippen LogP contribution in [0.15, 0.2) is 22.8 Å². The van der Waals surface area contributed by atoms with Crippen LogP contribution in [-0.2, 0) is 20.0 Å². The van der Waals surface area contributed by atoms with Crippen LogP contribution in [-0.4, -0.2) is 20.6 Å². The lowest BCUT2D eigenvalue weighted by molar-refractivity contribution is 0.518. The van der Waals surface area contributed by atoms with Gasteiger partial charge in [-0.1, -0.05) is 0 Å². The highest BCUT2D eigenvalue weighted by Crippen LogP contribution is 2.30. The average Bonchev–Trinajstić information content (AvgIpc) is 3.08. The van der Waals surface area contributed by atoms with Gasteiger partial charge in [0.1, 0.15) is 17.2 Å². The zero-order chi connectivity index (χ0) is 16.6. The second-order valence-electron chi connectivity index (χ2n) is 5.47. The minimum absolute atomic E-state index is 0.0485. The van der Waals surface area contributed by atoms with E-state index in [-0.39, 0.29) is 17.1 Å². The molecule has 0 saturated heterocycles. The van der Waals surface area contributed by atoms with E-state index in [0.29, 0.717) is 41.3 Å². The molecule has 6 nitrogen and oxygen atoms in total. The van der Waals surface area contributed by atoms with E-state index >= 15 is 0 Å². The zero-order valence-electron chi connectivity index (χ0n) is 12.8. The number of nitrogens with two attached hydrogens (primary N) is 1. The molecule has 23 heavy (non-hydrogen) atoms. The molecule has 8 heteroatoms. The summed E-state index contributed by atoms with van der Waals surface area (Å²) in [7, 11) is 1.74. The molecule has 0 aliphatic heterocycles. The van der Waals surface area contributed by atoms with Gasteiger partial charge >= 0.3 is 0 Å². The fraction of sp³-hybridized carbons (Fsp3) is 0.333. The van der Waals surface area contributed by atoms with Crippen molar-refractivity contribution in [2.75, 3.05) is 5.32 Å². The van der Waals surface area contributed by atoms with Crippen molar-refractivity contribution in [3.63, 3.8) is 0 Å². The molecule has 0 radical (unpaired) electrons. The predicted molar refractivity (Wildman–Crippen MR) is 86.9 cm³/mol. The molecule has 0 spiro atoms. The second-order valence-corrected chi connectivity index (χ2v) is 5.81. The maximum atomic E-state index is 14.8. The number of rotatable bonds is 5. The van der Waals surface area contributed by atoms with Crippen LogP contribution in [0.1, 0.15) is 18.4 Å². The smallest absolute Gasteiger partial charge is 0.226 e. The highest BCUT2D eigenvalue weighted by atomic mass is 35.5. The van der Waals surface area contributed by atoms with E-state index in [2.05, 4.69) is 15.3 Å². The van der Waals surface area contributed by atoms with Crippen molar-refractivity contribution in [1.29, 1.82) is 0 Å². The molecule has 3 N–H and O–H groups in total. The molecule has 0 aromatic carbocycles. The Morgan fingerprint density at radius 1 is 1.48 bits per heavy atom. The lowest BCUT2D eigenvalue weighted by Gasteiger charge is -2.06. The number of halogens is 2. The van der Waals surface area contributed by atoms with Crippen molar-refractivity contribution in [3.05, 3.63) is 41.0 Å². The molecule has 0 bridgehead atoms. The molecule has 1 atom stereocenters. The Bertz CT molecular complexity index is 828. The quantitative estimate of drug-likeness (QED) is 0.700. The zero-order valence-corrected chi connectivity index (χ0v) is 13.6. The number of nitrogens with zero attached hydrogens (tertiary/aromatic N) is 3. The Balaban J connectivity index is 2.06. The van der Waals surface area contributed by atoms with Gasteiger partial charge in [0.05, 0.1) is 23.9 Å². The predicted octanol–water partition coefficient (Wildman–Crippen LogP) is 2.86. The van der Waals surface area contributed by atoms with Crippen LogP contribution in [0.25, 0.3) is 11.0 Å².